The molecule has 1 aromatic carbocycles. The first-order chi connectivity index (χ1) is 9.51. The second-order valence-corrected chi connectivity index (χ2v) is 4.61. The number of halogens is 1. The van der Waals surface area contributed by atoms with E-state index in [1.165, 1.54) is 6.08 Å². The highest BCUT2D eigenvalue weighted by molar-refractivity contribution is 6.31. The van der Waals surface area contributed by atoms with E-state index >= 15 is 0 Å². The molecule has 0 saturated heterocycles. The number of furan rings is 1. The van der Waals surface area contributed by atoms with Gasteiger partial charge in [0.1, 0.15) is 23.2 Å². The Morgan fingerprint density at radius 3 is 2.75 bits per heavy atom. The van der Waals surface area contributed by atoms with Gasteiger partial charge in [-0.05, 0) is 30.7 Å². The van der Waals surface area contributed by atoms with Crippen molar-refractivity contribution >= 4 is 23.6 Å². The topological polar surface area (TPSA) is 80.0 Å². The maximum Gasteiger partial charge on any atom is 0.259 e. The number of hydrogen-bond donors (Lipinski definition) is 1. The first-order valence-corrected chi connectivity index (χ1v) is 6.17. The van der Waals surface area contributed by atoms with Crippen LogP contribution in [0.4, 0.5) is 0 Å². The lowest BCUT2D eigenvalue weighted by molar-refractivity contribution is -0.114. The SMILES string of the molecule is Cc1ccc(-c2ccc(C=C(C#N)C(N)=O)o2)cc1Cl. The predicted octanol–water partition coefficient (Wildman–Crippen LogP) is 3.30. The van der Waals surface area contributed by atoms with E-state index in [0.717, 1.165) is 11.1 Å². The van der Waals surface area contributed by atoms with E-state index in [2.05, 4.69) is 0 Å². The van der Waals surface area contributed by atoms with Crippen LogP contribution in [0.15, 0.2) is 40.3 Å². The Bertz CT molecular complexity index is 739. The van der Waals surface area contributed by atoms with Crippen molar-refractivity contribution in [3.63, 3.8) is 0 Å². The van der Waals surface area contributed by atoms with E-state index in [0.29, 0.717) is 16.5 Å². The van der Waals surface area contributed by atoms with Crippen LogP contribution in [0.3, 0.4) is 0 Å². The minimum absolute atomic E-state index is 0.159. The third-order valence-electron chi connectivity index (χ3n) is 2.76. The van der Waals surface area contributed by atoms with E-state index in [4.69, 9.17) is 27.0 Å². The van der Waals surface area contributed by atoms with Crippen molar-refractivity contribution in [2.45, 2.75) is 6.92 Å². The molecule has 0 atom stereocenters. The van der Waals surface area contributed by atoms with E-state index in [1.54, 1.807) is 24.3 Å². The Hall–Kier alpha value is -2.51. The number of aryl methyl sites for hydroxylation is 1. The van der Waals surface area contributed by atoms with Crippen LogP contribution in [0, 0.1) is 18.3 Å². The summed E-state index contributed by atoms with van der Waals surface area (Å²) >= 11 is 6.06. The molecule has 0 radical (unpaired) electrons. The molecule has 20 heavy (non-hydrogen) atoms. The number of nitrogens with two attached hydrogens (primary N) is 1. The fraction of sp³-hybridized carbons (Fsp3) is 0.0667. The summed E-state index contributed by atoms with van der Waals surface area (Å²) in [6, 6.07) is 10.7. The molecule has 2 rings (SSSR count). The molecule has 2 aromatic rings. The van der Waals surface area contributed by atoms with Crippen molar-refractivity contribution in [3.05, 3.63) is 52.3 Å². The summed E-state index contributed by atoms with van der Waals surface area (Å²) in [7, 11) is 0. The number of hydrogen-bond acceptors (Lipinski definition) is 3. The molecule has 0 aliphatic carbocycles. The zero-order valence-electron chi connectivity index (χ0n) is 10.7. The van der Waals surface area contributed by atoms with Crippen LogP contribution >= 0.6 is 11.6 Å². The number of rotatable bonds is 3. The zero-order chi connectivity index (χ0) is 14.7. The molecule has 1 aromatic heterocycles. The largest absolute Gasteiger partial charge is 0.457 e. The quantitative estimate of drug-likeness (QED) is 0.694. The smallest absolute Gasteiger partial charge is 0.259 e. The predicted molar refractivity (Wildman–Crippen MR) is 76.7 cm³/mol. The molecular weight excluding hydrogens is 276 g/mol. The summed E-state index contributed by atoms with van der Waals surface area (Å²) in [6.45, 7) is 1.91. The first kappa shape index (κ1) is 13.9. The van der Waals surface area contributed by atoms with Crippen LogP contribution in [0.1, 0.15) is 11.3 Å². The molecule has 0 bridgehead atoms. The van der Waals surface area contributed by atoms with Crippen LogP contribution in [-0.2, 0) is 4.79 Å². The summed E-state index contributed by atoms with van der Waals surface area (Å²) in [6.07, 6.45) is 1.31. The van der Waals surface area contributed by atoms with Crippen molar-refractivity contribution in [2.24, 2.45) is 5.73 Å². The van der Waals surface area contributed by atoms with E-state index in [1.807, 2.05) is 19.1 Å². The standard InChI is InChI=1S/C15H11ClN2O2/c1-9-2-3-10(7-13(9)16)14-5-4-12(20-14)6-11(8-17)15(18)19/h2-7H,1H3,(H2,18,19). The normalized spacial score (nSPS) is 11.2. The summed E-state index contributed by atoms with van der Waals surface area (Å²) in [4.78, 5) is 11.0. The number of primary amides is 1. The molecule has 0 spiro atoms. The van der Waals surface area contributed by atoms with Gasteiger partial charge in [-0.1, -0.05) is 23.7 Å². The third-order valence-corrected chi connectivity index (χ3v) is 3.16. The second kappa shape index (κ2) is 5.64. The average molecular weight is 287 g/mol. The molecule has 0 aliphatic rings. The summed E-state index contributed by atoms with van der Waals surface area (Å²) in [5.41, 5.74) is 6.69. The highest BCUT2D eigenvalue weighted by atomic mass is 35.5. The summed E-state index contributed by atoms with van der Waals surface area (Å²) in [5.74, 6) is 0.191. The van der Waals surface area contributed by atoms with Crippen molar-refractivity contribution in [2.75, 3.05) is 0 Å². The van der Waals surface area contributed by atoms with Crippen molar-refractivity contribution in [1.82, 2.24) is 0 Å². The highest BCUT2D eigenvalue weighted by Gasteiger charge is 2.08. The summed E-state index contributed by atoms with van der Waals surface area (Å²) in [5, 5.41) is 9.41. The number of carbonyl (C=O) groups excluding carboxylic acids is 1. The van der Waals surface area contributed by atoms with Gasteiger partial charge in [0, 0.05) is 16.7 Å². The van der Waals surface area contributed by atoms with E-state index in [9.17, 15) is 4.79 Å². The van der Waals surface area contributed by atoms with Gasteiger partial charge in [-0.25, -0.2) is 0 Å². The molecule has 100 valence electrons. The lowest BCUT2D eigenvalue weighted by Gasteiger charge is -2.00. The molecule has 0 unspecified atom stereocenters. The van der Waals surface area contributed by atoms with Gasteiger partial charge in [0.05, 0.1) is 0 Å². The number of nitrogens with zero attached hydrogens (tertiary/aromatic N) is 1. The fourth-order valence-electron chi connectivity index (χ4n) is 1.63. The molecular formula is C15H11ClN2O2. The van der Waals surface area contributed by atoms with E-state index < -0.39 is 5.91 Å². The fourth-order valence-corrected chi connectivity index (χ4v) is 1.81. The maximum absolute atomic E-state index is 11.0. The molecule has 0 saturated carbocycles. The first-order valence-electron chi connectivity index (χ1n) is 5.79. The third kappa shape index (κ3) is 2.90. The van der Waals surface area contributed by atoms with Crippen LogP contribution in [-0.4, -0.2) is 5.91 Å². The molecule has 0 fully saturated rings. The highest BCUT2D eigenvalue weighted by Crippen LogP contribution is 2.27. The van der Waals surface area contributed by atoms with Crippen LogP contribution < -0.4 is 5.73 Å². The van der Waals surface area contributed by atoms with Gasteiger partial charge in [-0.15, -0.1) is 0 Å². The Kier molecular flexibility index (Phi) is 3.92. The maximum atomic E-state index is 11.0. The van der Waals surface area contributed by atoms with Crippen LogP contribution in [0.2, 0.25) is 5.02 Å². The Labute approximate surface area is 121 Å². The zero-order valence-corrected chi connectivity index (χ0v) is 11.4. The van der Waals surface area contributed by atoms with Crippen molar-refractivity contribution in [3.8, 4) is 17.4 Å². The van der Waals surface area contributed by atoms with Gasteiger partial charge in [0.15, 0.2) is 0 Å². The Morgan fingerprint density at radius 2 is 2.15 bits per heavy atom. The van der Waals surface area contributed by atoms with Crippen LogP contribution in [0.5, 0.6) is 0 Å². The Morgan fingerprint density at radius 1 is 1.40 bits per heavy atom. The molecule has 2 N–H and O–H groups in total. The summed E-state index contributed by atoms with van der Waals surface area (Å²) < 4.78 is 5.55. The minimum atomic E-state index is -0.788. The van der Waals surface area contributed by atoms with Crippen molar-refractivity contribution < 1.29 is 9.21 Å². The molecule has 1 amide bonds. The lowest BCUT2D eigenvalue weighted by atomic mass is 10.1. The molecule has 1 heterocycles. The minimum Gasteiger partial charge on any atom is -0.457 e. The van der Waals surface area contributed by atoms with Gasteiger partial charge in [-0.2, -0.15) is 5.26 Å². The number of benzene rings is 1. The second-order valence-electron chi connectivity index (χ2n) is 4.20. The monoisotopic (exact) mass is 286 g/mol. The lowest BCUT2D eigenvalue weighted by Crippen LogP contribution is -2.12. The van der Waals surface area contributed by atoms with Gasteiger partial charge in [-0.3, -0.25) is 4.79 Å². The molecule has 4 nitrogen and oxygen atoms in total. The number of nitriles is 1. The van der Waals surface area contributed by atoms with E-state index in [-0.39, 0.29) is 5.57 Å². The van der Waals surface area contributed by atoms with Gasteiger partial charge < -0.3 is 10.2 Å². The number of amides is 1. The number of carbonyl (C=O) groups is 1. The van der Waals surface area contributed by atoms with Gasteiger partial charge in [0.2, 0.25) is 0 Å². The van der Waals surface area contributed by atoms with Crippen LogP contribution in [0.25, 0.3) is 17.4 Å². The van der Waals surface area contributed by atoms with Gasteiger partial charge >= 0.3 is 0 Å². The van der Waals surface area contributed by atoms with Gasteiger partial charge in [0.25, 0.3) is 5.91 Å². The average Bonchev–Trinajstić information content (AvgIpc) is 2.87. The van der Waals surface area contributed by atoms with Crippen molar-refractivity contribution in [1.29, 1.82) is 5.26 Å². The molecule has 0 aliphatic heterocycles. The Balaban J connectivity index is 2.36. The molecule has 5 heteroatoms.